The van der Waals surface area contributed by atoms with Gasteiger partial charge in [0.2, 0.25) is 5.91 Å². The molecule has 4 rings (SSSR count). The molecule has 5 nitrogen and oxygen atoms in total. The molecule has 0 aromatic heterocycles. The van der Waals surface area contributed by atoms with E-state index in [2.05, 4.69) is 5.32 Å². The number of aliphatic hydroxyl groups excluding tert-OH is 1. The lowest BCUT2D eigenvalue weighted by Gasteiger charge is -2.27. The van der Waals surface area contributed by atoms with Gasteiger partial charge in [-0.05, 0) is 36.4 Å². The molecule has 2 N–H and O–H groups in total. The highest BCUT2D eigenvalue weighted by Gasteiger charge is 2.32. The van der Waals surface area contributed by atoms with Crippen molar-refractivity contribution >= 4 is 5.91 Å². The number of carbonyl (C=O) groups excluding carboxylic acids is 1. The van der Waals surface area contributed by atoms with Crippen molar-refractivity contribution in [3.05, 3.63) is 89.5 Å². The van der Waals surface area contributed by atoms with E-state index in [0.717, 1.165) is 23.3 Å². The highest BCUT2D eigenvalue weighted by atomic mass is 19.4. The zero-order valence-corrected chi connectivity index (χ0v) is 16.8. The zero-order chi connectivity index (χ0) is 22.7. The Hall–Kier alpha value is -3.52. The van der Waals surface area contributed by atoms with Gasteiger partial charge >= 0.3 is 6.18 Å². The molecule has 1 aliphatic rings. The average Bonchev–Trinajstić information content (AvgIpc) is 2.79. The molecule has 1 atom stereocenters. The van der Waals surface area contributed by atoms with Gasteiger partial charge in [0.05, 0.1) is 11.5 Å². The molecule has 0 saturated heterocycles. The van der Waals surface area contributed by atoms with Gasteiger partial charge in [-0.15, -0.1) is 0 Å². The van der Waals surface area contributed by atoms with Crippen molar-refractivity contribution in [2.45, 2.75) is 18.2 Å². The molecule has 3 aromatic carbocycles. The number of ether oxygens (including phenoxy) is 2. The predicted molar refractivity (Wildman–Crippen MR) is 111 cm³/mol. The number of fused-ring (bicyclic) bond motifs is 2. The fourth-order valence-electron chi connectivity index (χ4n) is 3.50. The number of hydrogen-bond donors (Lipinski definition) is 2. The topological polar surface area (TPSA) is 67.8 Å². The van der Waals surface area contributed by atoms with Gasteiger partial charge in [0.25, 0.3) is 0 Å². The molecule has 0 saturated carbocycles. The minimum Gasteiger partial charge on any atom is -0.491 e. The van der Waals surface area contributed by atoms with Crippen molar-refractivity contribution in [2.24, 2.45) is 0 Å². The van der Waals surface area contributed by atoms with Gasteiger partial charge in [0.15, 0.2) is 0 Å². The monoisotopic (exact) mass is 443 g/mol. The van der Waals surface area contributed by atoms with Crippen LogP contribution in [0.15, 0.2) is 72.8 Å². The Kier molecular flexibility index (Phi) is 6.05. The number of rotatable bonds is 6. The Balaban J connectivity index is 1.37. The summed E-state index contributed by atoms with van der Waals surface area (Å²) in [6, 6.07) is 18.7. The number of carbonyl (C=O) groups is 1. The fourth-order valence-corrected chi connectivity index (χ4v) is 3.50. The third-order valence-corrected chi connectivity index (χ3v) is 5.08. The second kappa shape index (κ2) is 8.92. The van der Waals surface area contributed by atoms with Crippen LogP contribution < -0.4 is 14.8 Å². The molecule has 1 aliphatic heterocycles. The molecule has 0 fully saturated rings. The zero-order valence-electron chi connectivity index (χ0n) is 16.8. The van der Waals surface area contributed by atoms with Crippen molar-refractivity contribution < 1.29 is 32.5 Å². The number of benzene rings is 3. The lowest BCUT2D eigenvalue weighted by Crippen LogP contribution is -2.38. The van der Waals surface area contributed by atoms with Crippen molar-refractivity contribution in [1.29, 1.82) is 0 Å². The molecule has 8 heteroatoms. The van der Waals surface area contributed by atoms with Crippen LogP contribution in [0.25, 0.3) is 0 Å². The smallest absolute Gasteiger partial charge is 0.416 e. The van der Waals surface area contributed by atoms with E-state index in [0.29, 0.717) is 11.5 Å². The Morgan fingerprint density at radius 1 is 0.969 bits per heavy atom. The van der Waals surface area contributed by atoms with Crippen molar-refractivity contribution in [3.8, 4) is 17.2 Å². The van der Waals surface area contributed by atoms with E-state index < -0.39 is 23.8 Å². The van der Waals surface area contributed by atoms with Gasteiger partial charge in [0, 0.05) is 17.7 Å². The largest absolute Gasteiger partial charge is 0.491 e. The van der Waals surface area contributed by atoms with Crippen LogP contribution in [0.3, 0.4) is 0 Å². The molecule has 32 heavy (non-hydrogen) atoms. The molecule has 0 bridgehead atoms. The number of aliphatic hydroxyl groups is 1. The van der Waals surface area contributed by atoms with Crippen molar-refractivity contribution in [1.82, 2.24) is 5.32 Å². The maximum atomic E-state index is 13.0. The van der Waals surface area contributed by atoms with Gasteiger partial charge in [-0.3, -0.25) is 4.79 Å². The van der Waals surface area contributed by atoms with E-state index in [1.54, 1.807) is 12.1 Å². The summed E-state index contributed by atoms with van der Waals surface area (Å²) in [6.07, 6.45) is -5.48. The van der Waals surface area contributed by atoms with E-state index in [1.165, 1.54) is 12.1 Å². The van der Waals surface area contributed by atoms with Crippen LogP contribution in [-0.4, -0.2) is 30.3 Å². The Morgan fingerprint density at radius 2 is 1.53 bits per heavy atom. The summed E-state index contributed by atoms with van der Waals surface area (Å²) in [4.78, 5) is 13.0. The van der Waals surface area contributed by atoms with Crippen molar-refractivity contribution in [3.63, 3.8) is 0 Å². The van der Waals surface area contributed by atoms with Gasteiger partial charge in [-0.1, -0.05) is 36.4 Å². The van der Waals surface area contributed by atoms with Gasteiger partial charge in [-0.2, -0.15) is 13.2 Å². The van der Waals surface area contributed by atoms with E-state index in [-0.39, 0.29) is 24.8 Å². The van der Waals surface area contributed by atoms with E-state index in [9.17, 15) is 23.1 Å². The molecule has 1 amide bonds. The van der Waals surface area contributed by atoms with E-state index in [4.69, 9.17) is 9.47 Å². The average molecular weight is 443 g/mol. The Morgan fingerprint density at radius 3 is 2.09 bits per heavy atom. The fraction of sp³-hybridized carbons (Fsp3) is 0.208. The van der Waals surface area contributed by atoms with Crippen LogP contribution in [0.4, 0.5) is 13.2 Å². The molecule has 0 radical (unpaired) electrons. The summed E-state index contributed by atoms with van der Waals surface area (Å²) in [7, 11) is 0. The first-order chi connectivity index (χ1) is 15.3. The SMILES string of the molecule is O=C(NCC(O)COc1ccc(C(F)(F)F)cc1)C1c2ccccc2Oc2ccccc21. The first kappa shape index (κ1) is 21.7. The third kappa shape index (κ3) is 4.70. The lowest BCUT2D eigenvalue weighted by atomic mass is 9.87. The summed E-state index contributed by atoms with van der Waals surface area (Å²) in [5, 5.41) is 12.9. The first-order valence-corrected chi connectivity index (χ1v) is 9.94. The number of hydrogen-bond acceptors (Lipinski definition) is 4. The minimum absolute atomic E-state index is 0.0822. The molecule has 0 aliphatic carbocycles. The van der Waals surface area contributed by atoms with E-state index in [1.807, 2.05) is 36.4 Å². The van der Waals surface area contributed by atoms with Crippen LogP contribution in [-0.2, 0) is 11.0 Å². The van der Waals surface area contributed by atoms with Crippen LogP contribution >= 0.6 is 0 Å². The highest BCUT2D eigenvalue weighted by molar-refractivity contribution is 5.89. The van der Waals surface area contributed by atoms with Gasteiger partial charge < -0.3 is 19.9 Å². The number of amides is 1. The summed E-state index contributed by atoms with van der Waals surface area (Å²) >= 11 is 0. The number of alkyl halides is 3. The first-order valence-electron chi connectivity index (χ1n) is 9.94. The molecular formula is C24H20F3NO4. The maximum Gasteiger partial charge on any atom is 0.416 e. The summed E-state index contributed by atoms with van der Waals surface area (Å²) in [6.45, 7) is -0.270. The molecule has 0 spiro atoms. The van der Waals surface area contributed by atoms with Crippen LogP contribution in [0.2, 0.25) is 0 Å². The summed E-state index contributed by atoms with van der Waals surface area (Å²) < 4.78 is 49.1. The summed E-state index contributed by atoms with van der Waals surface area (Å²) in [5.41, 5.74) is 0.660. The van der Waals surface area contributed by atoms with Crippen molar-refractivity contribution in [2.75, 3.05) is 13.2 Å². The number of halogens is 3. The van der Waals surface area contributed by atoms with Crippen LogP contribution in [0.5, 0.6) is 17.2 Å². The Bertz CT molecular complexity index is 1050. The Labute approximate surface area is 182 Å². The number of nitrogens with one attached hydrogen (secondary N) is 1. The standard InChI is InChI=1S/C24H20F3NO4/c25-24(26,27)15-9-11-17(12-10-15)31-14-16(29)13-28-23(30)22-18-5-1-3-7-20(18)32-21-8-4-2-6-19(21)22/h1-12,16,22,29H,13-14H2,(H,28,30). The quantitative estimate of drug-likeness (QED) is 0.589. The predicted octanol–water partition coefficient (Wildman–Crippen LogP) is 4.50. The maximum absolute atomic E-state index is 13.0. The normalized spacial score (nSPS) is 14.0. The van der Waals surface area contributed by atoms with E-state index >= 15 is 0 Å². The summed E-state index contributed by atoms with van der Waals surface area (Å²) in [5.74, 6) is 0.478. The molecule has 1 heterocycles. The minimum atomic E-state index is -4.43. The second-order valence-electron chi connectivity index (χ2n) is 7.34. The highest BCUT2D eigenvalue weighted by Crippen LogP contribution is 2.43. The molecule has 3 aromatic rings. The third-order valence-electron chi connectivity index (χ3n) is 5.08. The van der Waals surface area contributed by atoms with Crippen LogP contribution in [0, 0.1) is 0 Å². The molecule has 166 valence electrons. The molecule has 1 unspecified atom stereocenters. The molecular weight excluding hydrogens is 423 g/mol. The second-order valence-corrected chi connectivity index (χ2v) is 7.34. The number of para-hydroxylation sites is 2. The van der Waals surface area contributed by atoms with Gasteiger partial charge in [0.1, 0.15) is 30.0 Å². The van der Waals surface area contributed by atoms with Gasteiger partial charge in [-0.25, -0.2) is 0 Å². The van der Waals surface area contributed by atoms with Crippen LogP contribution in [0.1, 0.15) is 22.6 Å². The lowest BCUT2D eigenvalue weighted by molar-refractivity contribution is -0.137.